The summed E-state index contributed by atoms with van der Waals surface area (Å²) in [6, 6.07) is 7.26. The zero-order valence-corrected chi connectivity index (χ0v) is 8.77. The van der Waals surface area contributed by atoms with E-state index < -0.39 is 13.1 Å². The van der Waals surface area contributed by atoms with Gasteiger partial charge in [0.15, 0.2) is 0 Å². The molecule has 5 heteroatoms. The molecule has 0 heterocycles. The fourth-order valence-electron chi connectivity index (χ4n) is 1.47. The average molecular weight is 207 g/mol. The molecule has 80 valence electrons. The number of hydrogen-bond donors (Lipinski definition) is 3. The molecular formula is C10H14BNO3. The number of benzene rings is 1. The smallest absolute Gasteiger partial charge is 0.426 e. The maximum absolute atomic E-state index is 10.9. The Morgan fingerprint density at radius 1 is 1.40 bits per heavy atom. The first kappa shape index (κ1) is 11.7. The van der Waals surface area contributed by atoms with Gasteiger partial charge in [-0.1, -0.05) is 24.3 Å². The van der Waals surface area contributed by atoms with Crippen molar-refractivity contribution in [1.82, 2.24) is 5.32 Å². The molecule has 0 aliphatic rings. The van der Waals surface area contributed by atoms with Gasteiger partial charge in [-0.15, -0.1) is 0 Å². The van der Waals surface area contributed by atoms with E-state index in [1.807, 2.05) is 19.1 Å². The van der Waals surface area contributed by atoms with Crippen molar-refractivity contribution in [2.45, 2.75) is 19.8 Å². The fraction of sp³-hybridized carbons (Fsp3) is 0.300. The molecule has 1 rings (SSSR count). The summed E-state index contributed by atoms with van der Waals surface area (Å²) >= 11 is 0. The van der Waals surface area contributed by atoms with Gasteiger partial charge in [0, 0.05) is 6.92 Å². The highest BCUT2D eigenvalue weighted by Gasteiger charge is 2.26. The molecule has 0 aliphatic heterocycles. The Balaban J connectivity index is 2.99. The van der Waals surface area contributed by atoms with Crippen LogP contribution in [0.1, 0.15) is 24.0 Å². The van der Waals surface area contributed by atoms with Crippen LogP contribution in [0.15, 0.2) is 24.3 Å². The SMILES string of the molecule is CC(=O)NC(B(O)O)c1ccccc1C. The lowest BCUT2D eigenvalue weighted by Crippen LogP contribution is -2.38. The Morgan fingerprint density at radius 3 is 2.47 bits per heavy atom. The fourth-order valence-corrected chi connectivity index (χ4v) is 1.47. The Labute approximate surface area is 89.1 Å². The maximum atomic E-state index is 10.9. The van der Waals surface area contributed by atoms with Gasteiger partial charge in [0.05, 0.1) is 5.94 Å². The number of hydrogen-bond acceptors (Lipinski definition) is 3. The molecule has 0 radical (unpaired) electrons. The first-order chi connectivity index (χ1) is 7.02. The largest absolute Gasteiger partial charge is 0.480 e. The lowest BCUT2D eigenvalue weighted by Gasteiger charge is -2.18. The number of carbonyl (C=O) groups is 1. The van der Waals surface area contributed by atoms with Crippen molar-refractivity contribution in [2.24, 2.45) is 0 Å². The number of nitrogens with one attached hydrogen (secondary N) is 1. The van der Waals surface area contributed by atoms with Crippen LogP contribution >= 0.6 is 0 Å². The van der Waals surface area contributed by atoms with Gasteiger partial charge in [-0.3, -0.25) is 4.79 Å². The monoisotopic (exact) mass is 207 g/mol. The maximum Gasteiger partial charge on any atom is 0.480 e. The molecule has 1 atom stereocenters. The Morgan fingerprint density at radius 2 is 2.00 bits per heavy atom. The van der Waals surface area contributed by atoms with E-state index in [1.54, 1.807) is 12.1 Å². The zero-order valence-electron chi connectivity index (χ0n) is 8.77. The standard InChI is InChI=1S/C10H14BNO3/c1-7-5-3-4-6-9(7)10(11(14)15)12-8(2)13/h3-6,10,14-15H,1-2H3,(H,12,13). The van der Waals surface area contributed by atoms with Gasteiger partial charge in [0.1, 0.15) is 0 Å². The number of carbonyl (C=O) groups excluding carboxylic acids is 1. The third-order valence-corrected chi connectivity index (χ3v) is 2.18. The van der Waals surface area contributed by atoms with E-state index in [9.17, 15) is 14.8 Å². The second kappa shape index (κ2) is 4.95. The lowest BCUT2D eigenvalue weighted by molar-refractivity contribution is -0.119. The average Bonchev–Trinajstić information content (AvgIpc) is 2.15. The number of amides is 1. The molecular weight excluding hydrogens is 193 g/mol. The highest BCUT2D eigenvalue weighted by molar-refractivity contribution is 6.43. The summed E-state index contributed by atoms with van der Waals surface area (Å²) in [6.45, 7) is 3.19. The molecule has 0 fully saturated rings. The van der Waals surface area contributed by atoms with Gasteiger partial charge in [-0.2, -0.15) is 0 Å². The van der Waals surface area contributed by atoms with Gasteiger partial charge in [0.2, 0.25) is 5.91 Å². The van der Waals surface area contributed by atoms with Crippen LogP contribution < -0.4 is 5.32 Å². The lowest BCUT2D eigenvalue weighted by atomic mass is 9.74. The predicted octanol–water partition coefficient (Wildman–Crippen LogP) is 0.184. The number of rotatable bonds is 3. The van der Waals surface area contributed by atoms with E-state index in [4.69, 9.17) is 0 Å². The second-order valence-corrected chi connectivity index (χ2v) is 3.45. The second-order valence-electron chi connectivity index (χ2n) is 3.45. The predicted molar refractivity (Wildman–Crippen MR) is 57.9 cm³/mol. The Kier molecular flexibility index (Phi) is 3.88. The number of aryl methyl sites for hydroxylation is 1. The molecule has 15 heavy (non-hydrogen) atoms. The van der Waals surface area contributed by atoms with Crippen LogP contribution in [0.2, 0.25) is 0 Å². The van der Waals surface area contributed by atoms with Crippen LogP contribution in [0, 0.1) is 6.92 Å². The van der Waals surface area contributed by atoms with E-state index in [2.05, 4.69) is 5.32 Å². The molecule has 0 spiro atoms. The first-order valence-corrected chi connectivity index (χ1v) is 4.71. The van der Waals surface area contributed by atoms with Gasteiger partial charge in [-0.05, 0) is 18.1 Å². The third-order valence-electron chi connectivity index (χ3n) is 2.18. The van der Waals surface area contributed by atoms with Crippen LogP contribution in [-0.2, 0) is 4.79 Å². The van der Waals surface area contributed by atoms with E-state index in [1.165, 1.54) is 6.92 Å². The van der Waals surface area contributed by atoms with E-state index >= 15 is 0 Å². The summed E-state index contributed by atoms with van der Waals surface area (Å²) in [7, 11) is -1.60. The molecule has 1 unspecified atom stereocenters. The molecule has 4 nitrogen and oxygen atoms in total. The highest BCUT2D eigenvalue weighted by Crippen LogP contribution is 2.18. The van der Waals surface area contributed by atoms with Crippen LogP contribution in [0.4, 0.5) is 0 Å². The summed E-state index contributed by atoms with van der Waals surface area (Å²) in [5, 5.41) is 20.9. The third kappa shape index (κ3) is 3.07. The van der Waals surface area contributed by atoms with Gasteiger partial charge < -0.3 is 15.4 Å². The van der Waals surface area contributed by atoms with Crippen molar-refractivity contribution in [3.8, 4) is 0 Å². The van der Waals surface area contributed by atoms with E-state index in [-0.39, 0.29) is 5.91 Å². The van der Waals surface area contributed by atoms with E-state index in [0.717, 1.165) is 5.56 Å². The summed E-state index contributed by atoms with van der Waals surface area (Å²) < 4.78 is 0. The van der Waals surface area contributed by atoms with Crippen LogP contribution in [0.5, 0.6) is 0 Å². The molecule has 1 aromatic carbocycles. The summed E-state index contributed by atoms with van der Waals surface area (Å²) in [5.41, 5.74) is 1.62. The minimum atomic E-state index is -1.60. The minimum absolute atomic E-state index is 0.295. The van der Waals surface area contributed by atoms with Crippen molar-refractivity contribution in [2.75, 3.05) is 0 Å². The van der Waals surface area contributed by atoms with Crippen molar-refractivity contribution in [3.63, 3.8) is 0 Å². The minimum Gasteiger partial charge on any atom is -0.426 e. The zero-order chi connectivity index (χ0) is 11.4. The highest BCUT2D eigenvalue weighted by atomic mass is 16.4. The normalized spacial score (nSPS) is 12.0. The Bertz CT molecular complexity index is 354. The molecule has 0 aromatic heterocycles. The van der Waals surface area contributed by atoms with Crippen molar-refractivity contribution < 1.29 is 14.8 Å². The summed E-state index contributed by atoms with van der Waals surface area (Å²) in [5.74, 6) is -1.07. The molecule has 1 aromatic rings. The molecule has 0 bridgehead atoms. The van der Waals surface area contributed by atoms with Gasteiger partial charge >= 0.3 is 7.12 Å². The molecule has 0 saturated heterocycles. The van der Waals surface area contributed by atoms with Crippen molar-refractivity contribution in [1.29, 1.82) is 0 Å². The van der Waals surface area contributed by atoms with Crippen LogP contribution in [0.3, 0.4) is 0 Å². The quantitative estimate of drug-likeness (QED) is 0.619. The Hall–Kier alpha value is -1.33. The first-order valence-electron chi connectivity index (χ1n) is 4.71. The van der Waals surface area contributed by atoms with Crippen molar-refractivity contribution in [3.05, 3.63) is 35.4 Å². The van der Waals surface area contributed by atoms with Crippen LogP contribution in [0.25, 0.3) is 0 Å². The molecule has 1 amide bonds. The van der Waals surface area contributed by atoms with Gasteiger partial charge in [-0.25, -0.2) is 0 Å². The van der Waals surface area contributed by atoms with E-state index in [0.29, 0.717) is 5.56 Å². The van der Waals surface area contributed by atoms with Crippen LogP contribution in [-0.4, -0.2) is 23.1 Å². The summed E-state index contributed by atoms with van der Waals surface area (Å²) in [4.78, 5) is 10.9. The topological polar surface area (TPSA) is 69.6 Å². The molecule has 0 saturated carbocycles. The van der Waals surface area contributed by atoms with Gasteiger partial charge in [0.25, 0.3) is 0 Å². The molecule has 0 aliphatic carbocycles. The summed E-state index contributed by atoms with van der Waals surface area (Å²) in [6.07, 6.45) is 0. The van der Waals surface area contributed by atoms with Crippen molar-refractivity contribution >= 4 is 13.0 Å². The molecule has 3 N–H and O–H groups in total.